The summed E-state index contributed by atoms with van der Waals surface area (Å²) in [6, 6.07) is 8.57. The van der Waals surface area contributed by atoms with Crippen LogP contribution in [0.15, 0.2) is 41.8 Å². The highest BCUT2D eigenvalue weighted by atomic mass is 32.1. The lowest BCUT2D eigenvalue weighted by molar-refractivity contribution is -0.151. The van der Waals surface area contributed by atoms with Crippen LogP contribution in [0.25, 0.3) is 0 Å². The molecule has 2 N–H and O–H groups in total. The number of thiophene rings is 1. The van der Waals surface area contributed by atoms with Crippen LogP contribution in [0.1, 0.15) is 29.1 Å². The van der Waals surface area contributed by atoms with Crippen LogP contribution in [-0.4, -0.2) is 37.0 Å². The molecule has 150 valence electrons. The lowest BCUT2D eigenvalue weighted by Crippen LogP contribution is -2.46. The van der Waals surface area contributed by atoms with E-state index in [1.165, 1.54) is 23.5 Å². The minimum absolute atomic E-state index is 0.196. The molecule has 1 heterocycles. The molecule has 28 heavy (non-hydrogen) atoms. The predicted octanol–water partition coefficient (Wildman–Crippen LogP) is 2.54. The Morgan fingerprint density at radius 2 is 1.86 bits per heavy atom. The van der Waals surface area contributed by atoms with Crippen molar-refractivity contribution in [3.05, 3.63) is 58.0 Å². The van der Waals surface area contributed by atoms with Gasteiger partial charge in [-0.15, -0.1) is 11.3 Å². The Hall–Kier alpha value is -2.74. The van der Waals surface area contributed by atoms with Crippen LogP contribution in [-0.2, 0) is 20.7 Å². The van der Waals surface area contributed by atoms with E-state index >= 15 is 0 Å². The van der Waals surface area contributed by atoms with Crippen LogP contribution in [0.4, 0.5) is 4.39 Å². The zero-order valence-electron chi connectivity index (χ0n) is 15.7. The Balaban J connectivity index is 1.75. The quantitative estimate of drug-likeness (QED) is 0.627. The second-order valence-electron chi connectivity index (χ2n) is 6.51. The fourth-order valence-electron chi connectivity index (χ4n) is 2.39. The van der Waals surface area contributed by atoms with Gasteiger partial charge in [0.05, 0.1) is 4.88 Å². The second kappa shape index (κ2) is 10.6. The van der Waals surface area contributed by atoms with Crippen molar-refractivity contribution in [1.29, 1.82) is 0 Å². The fourth-order valence-corrected chi connectivity index (χ4v) is 3.02. The van der Waals surface area contributed by atoms with Gasteiger partial charge in [-0.3, -0.25) is 9.59 Å². The van der Waals surface area contributed by atoms with Crippen LogP contribution >= 0.6 is 11.3 Å². The molecule has 0 aliphatic heterocycles. The molecule has 0 saturated carbocycles. The SMILES string of the molecule is CC(C)[C@@H](NC(=O)c1cccs1)C(=O)OCC(=O)NCCc1ccc(F)cc1. The van der Waals surface area contributed by atoms with Gasteiger partial charge in [0.1, 0.15) is 11.9 Å². The van der Waals surface area contributed by atoms with Crippen molar-refractivity contribution >= 4 is 29.1 Å². The van der Waals surface area contributed by atoms with E-state index in [1.807, 2.05) is 0 Å². The minimum atomic E-state index is -0.846. The highest BCUT2D eigenvalue weighted by molar-refractivity contribution is 7.12. The third kappa shape index (κ3) is 6.77. The maximum atomic E-state index is 12.9. The van der Waals surface area contributed by atoms with E-state index in [1.54, 1.807) is 43.5 Å². The predicted molar refractivity (Wildman–Crippen MR) is 104 cm³/mol. The normalized spacial score (nSPS) is 11.7. The number of amides is 2. The van der Waals surface area contributed by atoms with Gasteiger partial charge < -0.3 is 15.4 Å². The molecule has 0 bridgehead atoms. The largest absolute Gasteiger partial charge is 0.454 e. The number of esters is 1. The zero-order valence-corrected chi connectivity index (χ0v) is 16.6. The summed E-state index contributed by atoms with van der Waals surface area (Å²) in [7, 11) is 0. The molecule has 0 unspecified atom stereocenters. The standard InChI is InChI=1S/C20H23FN2O4S/c1-13(2)18(23-19(25)16-4-3-11-28-16)20(26)27-12-17(24)22-10-9-14-5-7-15(21)8-6-14/h3-8,11,13,18H,9-10,12H2,1-2H3,(H,22,24)(H,23,25)/t18-/m1/s1. The number of benzene rings is 1. The lowest BCUT2D eigenvalue weighted by Gasteiger charge is -2.20. The number of carbonyl (C=O) groups excluding carboxylic acids is 3. The first kappa shape index (κ1) is 21.6. The topological polar surface area (TPSA) is 84.5 Å². The summed E-state index contributed by atoms with van der Waals surface area (Å²) < 4.78 is 17.9. The van der Waals surface area contributed by atoms with Crippen molar-refractivity contribution in [1.82, 2.24) is 10.6 Å². The molecule has 1 aromatic heterocycles. The lowest BCUT2D eigenvalue weighted by atomic mass is 10.0. The Kier molecular flexibility index (Phi) is 8.13. The molecule has 8 heteroatoms. The highest BCUT2D eigenvalue weighted by Crippen LogP contribution is 2.11. The van der Waals surface area contributed by atoms with Gasteiger partial charge in [-0.05, 0) is 41.5 Å². The molecular formula is C20H23FN2O4S. The number of carbonyl (C=O) groups is 3. The van der Waals surface area contributed by atoms with E-state index in [0.29, 0.717) is 17.8 Å². The van der Waals surface area contributed by atoms with Crippen LogP contribution < -0.4 is 10.6 Å². The first-order valence-electron chi connectivity index (χ1n) is 8.89. The second-order valence-corrected chi connectivity index (χ2v) is 7.45. The third-order valence-corrected chi connectivity index (χ3v) is 4.82. The highest BCUT2D eigenvalue weighted by Gasteiger charge is 2.27. The number of hydrogen-bond acceptors (Lipinski definition) is 5. The van der Waals surface area contributed by atoms with E-state index < -0.39 is 24.5 Å². The molecule has 0 fully saturated rings. The van der Waals surface area contributed by atoms with Gasteiger partial charge in [0.2, 0.25) is 0 Å². The summed E-state index contributed by atoms with van der Waals surface area (Å²) in [5.41, 5.74) is 0.884. The van der Waals surface area contributed by atoms with Crippen molar-refractivity contribution in [2.45, 2.75) is 26.3 Å². The fraction of sp³-hybridized carbons (Fsp3) is 0.350. The first-order chi connectivity index (χ1) is 13.4. The molecule has 1 atom stereocenters. The monoisotopic (exact) mass is 406 g/mol. The average molecular weight is 406 g/mol. The maximum Gasteiger partial charge on any atom is 0.329 e. The van der Waals surface area contributed by atoms with E-state index in [4.69, 9.17) is 4.74 Å². The third-order valence-electron chi connectivity index (χ3n) is 3.95. The minimum Gasteiger partial charge on any atom is -0.454 e. The van der Waals surface area contributed by atoms with Crippen molar-refractivity contribution in [2.75, 3.05) is 13.2 Å². The Labute approximate surface area is 167 Å². The molecule has 1 aromatic carbocycles. The first-order valence-corrected chi connectivity index (χ1v) is 9.77. The molecule has 2 rings (SSSR count). The van der Waals surface area contributed by atoms with E-state index in [9.17, 15) is 18.8 Å². The summed E-state index contributed by atoms with van der Waals surface area (Å²) in [6.45, 7) is 3.47. The van der Waals surface area contributed by atoms with Crippen molar-refractivity contribution in [3.8, 4) is 0 Å². The molecule has 0 aliphatic carbocycles. The number of ether oxygens (including phenoxy) is 1. The molecule has 0 spiro atoms. The van der Waals surface area contributed by atoms with Crippen LogP contribution in [0.3, 0.4) is 0 Å². The Bertz CT molecular complexity index is 791. The number of rotatable bonds is 9. The summed E-state index contributed by atoms with van der Waals surface area (Å²) in [5.74, 6) is -1.96. The van der Waals surface area contributed by atoms with E-state index in [0.717, 1.165) is 5.56 Å². The van der Waals surface area contributed by atoms with Gasteiger partial charge >= 0.3 is 5.97 Å². The Morgan fingerprint density at radius 1 is 1.14 bits per heavy atom. The van der Waals surface area contributed by atoms with Gasteiger partial charge in [0, 0.05) is 6.54 Å². The van der Waals surface area contributed by atoms with Gasteiger partial charge in [0.25, 0.3) is 11.8 Å². The van der Waals surface area contributed by atoms with Gasteiger partial charge in [0.15, 0.2) is 6.61 Å². The van der Waals surface area contributed by atoms with Crippen LogP contribution in [0.5, 0.6) is 0 Å². The van der Waals surface area contributed by atoms with Crippen molar-refractivity contribution in [2.24, 2.45) is 5.92 Å². The van der Waals surface area contributed by atoms with E-state index in [-0.39, 0.29) is 17.6 Å². The number of nitrogens with one attached hydrogen (secondary N) is 2. The summed E-state index contributed by atoms with van der Waals surface area (Å²) in [6.07, 6.45) is 0.533. The average Bonchev–Trinajstić information content (AvgIpc) is 3.20. The van der Waals surface area contributed by atoms with Gasteiger partial charge in [-0.2, -0.15) is 0 Å². The van der Waals surface area contributed by atoms with Crippen molar-refractivity contribution < 1.29 is 23.5 Å². The van der Waals surface area contributed by atoms with Crippen LogP contribution in [0.2, 0.25) is 0 Å². The molecule has 0 aliphatic rings. The molecule has 0 radical (unpaired) electrons. The number of halogens is 1. The van der Waals surface area contributed by atoms with Crippen LogP contribution in [0, 0.1) is 11.7 Å². The molecular weight excluding hydrogens is 383 g/mol. The van der Waals surface area contributed by atoms with E-state index in [2.05, 4.69) is 10.6 Å². The summed E-state index contributed by atoms with van der Waals surface area (Å²) >= 11 is 1.27. The smallest absolute Gasteiger partial charge is 0.329 e. The number of hydrogen-bond donors (Lipinski definition) is 2. The zero-order chi connectivity index (χ0) is 20.5. The summed E-state index contributed by atoms with van der Waals surface area (Å²) in [5, 5.41) is 7.05. The molecule has 2 aromatic rings. The molecule has 6 nitrogen and oxygen atoms in total. The molecule has 0 saturated heterocycles. The summed E-state index contributed by atoms with van der Waals surface area (Å²) in [4.78, 5) is 36.8. The van der Waals surface area contributed by atoms with Gasteiger partial charge in [-0.25, -0.2) is 9.18 Å². The molecule has 2 amide bonds. The van der Waals surface area contributed by atoms with Crippen molar-refractivity contribution in [3.63, 3.8) is 0 Å². The maximum absolute atomic E-state index is 12.9. The van der Waals surface area contributed by atoms with Gasteiger partial charge in [-0.1, -0.05) is 32.0 Å². The Morgan fingerprint density at radius 3 is 2.46 bits per heavy atom.